The summed E-state index contributed by atoms with van der Waals surface area (Å²) in [6.07, 6.45) is 2.52. The zero-order valence-electron chi connectivity index (χ0n) is 8.39. The molecule has 0 heterocycles. The lowest BCUT2D eigenvalue weighted by molar-refractivity contribution is 0.290. The van der Waals surface area contributed by atoms with E-state index in [2.05, 4.69) is 13.8 Å². The standard InChI is InChI=1S/C9H19NOS/c1-7(9(4)5-6-9)8(2,3)12(10)11/h7H,5-6,10H2,1-4H3. The molecule has 1 rings (SSSR count). The number of nitrogens with two attached hydrogens (primary N) is 1. The molecule has 3 heteroatoms. The van der Waals surface area contributed by atoms with Crippen molar-refractivity contribution < 1.29 is 4.55 Å². The summed E-state index contributed by atoms with van der Waals surface area (Å²) in [7, 11) is 0. The fourth-order valence-electron chi connectivity index (χ4n) is 1.64. The molecule has 0 aromatic rings. The van der Waals surface area contributed by atoms with Crippen LogP contribution in [0.25, 0.3) is 0 Å². The number of rotatable bonds is 3. The monoisotopic (exact) mass is 189 g/mol. The van der Waals surface area contributed by atoms with Gasteiger partial charge in [-0.1, -0.05) is 13.8 Å². The average Bonchev–Trinajstić information content (AvgIpc) is 2.67. The lowest BCUT2D eigenvalue weighted by Gasteiger charge is -2.34. The van der Waals surface area contributed by atoms with Crippen molar-refractivity contribution in [3.8, 4) is 0 Å². The van der Waals surface area contributed by atoms with Gasteiger partial charge in [-0.3, -0.25) is 0 Å². The summed E-state index contributed by atoms with van der Waals surface area (Å²) in [4.78, 5) is 0. The van der Waals surface area contributed by atoms with Crippen LogP contribution in [0.2, 0.25) is 0 Å². The Labute approximate surface area is 78.2 Å². The van der Waals surface area contributed by atoms with Crippen LogP contribution in [0.3, 0.4) is 0 Å². The third kappa shape index (κ3) is 1.63. The van der Waals surface area contributed by atoms with Gasteiger partial charge in [0.15, 0.2) is 0 Å². The fourth-order valence-corrected chi connectivity index (χ4v) is 2.28. The first-order valence-electron chi connectivity index (χ1n) is 4.47. The first kappa shape index (κ1) is 10.4. The van der Waals surface area contributed by atoms with E-state index in [0.717, 1.165) is 0 Å². The Balaban J connectivity index is 2.68. The zero-order valence-corrected chi connectivity index (χ0v) is 9.20. The maximum Gasteiger partial charge on any atom is 0.142 e. The lowest BCUT2D eigenvalue weighted by atomic mass is 9.83. The largest absolute Gasteiger partial charge is 0.598 e. The van der Waals surface area contributed by atoms with Gasteiger partial charge in [0, 0.05) is 17.3 Å². The third-order valence-electron chi connectivity index (χ3n) is 3.65. The molecule has 1 saturated carbocycles. The highest BCUT2D eigenvalue weighted by molar-refractivity contribution is 7.90. The van der Waals surface area contributed by atoms with E-state index in [1.165, 1.54) is 12.8 Å². The Bertz CT molecular complexity index is 175. The summed E-state index contributed by atoms with van der Waals surface area (Å²) in [5.41, 5.74) is 0.401. The van der Waals surface area contributed by atoms with E-state index in [-0.39, 0.29) is 4.75 Å². The van der Waals surface area contributed by atoms with Crippen molar-refractivity contribution in [3.05, 3.63) is 0 Å². The minimum atomic E-state index is -1.21. The predicted octanol–water partition coefficient (Wildman–Crippen LogP) is 1.82. The van der Waals surface area contributed by atoms with Crippen LogP contribution in [-0.4, -0.2) is 9.30 Å². The molecule has 0 bridgehead atoms. The number of hydrogen-bond donors (Lipinski definition) is 1. The van der Waals surface area contributed by atoms with Crippen molar-refractivity contribution in [2.75, 3.05) is 0 Å². The topological polar surface area (TPSA) is 49.1 Å². The molecular formula is C9H19NOS. The summed E-state index contributed by atoms with van der Waals surface area (Å²) in [5, 5.41) is 5.47. The molecule has 72 valence electrons. The SMILES string of the molecule is CC(C1(C)CC1)C(C)(C)[S+](N)[O-]. The van der Waals surface area contributed by atoms with Crippen LogP contribution in [-0.2, 0) is 11.4 Å². The molecule has 0 saturated heterocycles. The molecule has 2 N–H and O–H groups in total. The number of hydrogen-bond acceptors (Lipinski definition) is 2. The van der Waals surface area contributed by atoms with E-state index >= 15 is 0 Å². The molecule has 0 amide bonds. The molecule has 12 heavy (non-hydrogen) atoms. The molecule has 0 aliphatic heterocycles. The van der Waals surface area contributed by atoms with Gasteiger partial charge in [-0.25, -0.2) is 0 Å². The van der Waals surface area contributed by atoms with Gasteiger partial charge in [0.2, 0.25) is 0 Å². The Hall–Kier alpha value is 0.270. The van der Waals surface area contributed by atoms with Crippen LogP contribution in [0.5, 0.6) is 0 Å². The second kappa shape index (κ2) is 2.89. The van der Waals surface area contributed by atoms with E-state index < -0.39 is 11.4 Å². The van der Waals surface area contributed by atoms with Crippen molar-refractivity contribution in [1.29, 1.82) is 0 Å². The Kier molecular flexibility index (Phi) is 2.50. The molecule has 1 aliphatic carbocycles. The fraction of sp³-hybridized carbons (Fsp3) is 1.00. The molecule has 2 nitrogen and oxygen atoms in total. The van der Waals surface area contributed by atoms with Crippen LogP contribution in [0, 0.1) is 11.3 Å². The van der Waals surface area contributed by atoms with Crippen LogP contribution in [0.15, 0.2) is 0 Å². The summed E-state index contributed by atoms with van der Waals surface area (Å²) < 4.78 is 11.0. The molecule has 2 unspecified atom stereocenters. The Morgan fingerprint density at radius 3 is 2.17 bits per heavy atom. The first-order chi connectivity index (χ1) is 5.31. The van der Waals surface area contributed by atoms with E-state index in [9.17, 15) is 4.55 Å². The molecule has 0 aromatic heterocycles. The van der Waals surface area contributed by atoms with Gasteiger partial charge in [-0.15, -0.1) is 0 Å². The van der Waals surface area contributed by atoms with Crippen LogP contribution in [0.4, 0.5) is 0 Å². The highest BCUT2D eigenvalue weighted by atomic mass is 32.2. The normalized spacial score (nSPS) is 26.5. The van der Waals surface area contributed by atoms with E-state index in [4.69, 9.17) is 5.14 Å². The van der Waals surface area contributed by atoms with Crippen molar-refractivity contribution in [2.24, 2.45) is 16.5 Å². The van der Waals surface area contributed by atoms with Gasteiger partial charge in [-0.05, 0) is 32.1 Å². The van der Waals surface area contributed by atoms with Crippen molar-refractivity contribution in [3.63, 3.8) is 0 Å². The van der Waals surface area contributed by atoms with E-state index in [1.54, 1.807) is 0 Å². The van der Waals surface area contributed by atoms with Crippen LogP contribution >= 0.6 is 0 Å². The van der Waals surface area contributed by atoms with E-state index in [0.29, 0.717) is 11.3 Å². The Morgan fingerprint density at radius 2 is 1.92 bits per heavy atom. The second-order valence-corrected chi connectivity index (χ2v) is 6.42. The molecule has 2 atom stereocenters. The van der Waals surface area contributed by atoms with Gasteiger partial charge in [-0.2, -0.15) is 5.14 Å². The molecule has 0 radical (unpaired) electrons. The second-order valence-electron chi connectivity index (χ2n) is 4.78. The third-order valence-corrected chi connectivity index (χ3v) is 5.04. The summed E-state index contributed by atoms with van der Waals surface area (Å²) in [5.74, 6) is 0.441. The van der Waals surface area contributed by atoms with E-state index in [1.807, 2.05) is 13.8 Å². The lowest BCUT2D eigenvalue weighted by Crippen LogP contribution is -2.46. The predicted molar refractivity (Wildman–Crippen MR) is 52.9 cm³/mol. The molecule has 0 aromatic carbocycles. The first-order valence-corrected chi connectivity index (χ1v) is 5.68. The highest BCUT2D eigenvalue weighted by Gasteiger charge is 2.52. The zero-order chi connectivity index (χ0) is 9.57. The molecular weight excluding hydrogens is 170 g/mol. The summed E-state index contributed by atoms with van der Waals surface area (Å²) >= 11 is -1.21. The van der Waals surface area contributed by atoms with Gasteiger partial charge in [0.05, 0.1) is 0 Å². The molecule has 0 spiro atoms. The van der Waals surface area contributed by atoms with Crippen LogP contribution in [0.1, 0.15) is 40.5 Å². The molecule has 1 aliphatic rings. The van der Waals surface area contributed by atoms with Gasteiger partial charge >= 0.3 is 0 Å². The minimum Gasteiger partial charge on any atom is -0.598 e. The van der Waals surface area contributed by atoms with Gasteiger partial charge in [0.1, 0.15) is 4.75 Å². The average molecular weight is 189 g/mol. The van der Waals surface area contributed by atoms with Gasteiger partial charge in [0.25, 0.3) is 0 Å². The maximum absolute atomic E-state index is 11.3. The van der Waals surface area contributed by atoms with Crippen LogP contribution < -0.4 is 5.14 Å². The Morgan fingerprint density at radius 1 is 1.50 bits per heavy atom. The highest BCUT2D eigenvalue weighted by Crippen LogP contribution is 2.55. The maximum atomic E-state index is 11.3. The summed E-state index contributed by atoms with van der Waals surface area (Å²) in [6.45, 7) is 8.42. The molecule has 1 fully saturated rings. The summed E-state index contributed by atoms with van der Waals surface area (Å²) in [6, 6.07) is 0. The minimum absolute atomic E-state index is 0.245. The smallest absolute Gasteiger partial charge is 0.142 e. The van der Waals surface area contributed by atoms with Crippen molar-refractivity contribution in [1.82, 2.24) is 0 Å². The van der Waals surface area contributed by atoms with Crippen molar-refractivity contribution in [2.45, 2.75) is 45.3 Å². The quantitative estimate of drug-likeness (QED) is 0.688. The van der Waals surface area contributed by atoms with Crippen molar-refractivity contribution >= 4 is 11.4 Å². The van der Waals surface area contributed by atoms with Gasteiger partial charge < -0.3 is 4.55 Å².